The standard InChI is InChI=1S/C26H19N3O2/c1-17-11-13-18(14-12-17)24-22-15-19(25(31)21-9-5-6-10-23(21)30)16-27-26(22)29(28-24)20-7-3-2-4-8-20/h2-16,30H,1H3. The smallest absolute Gasteiger partial charge is 0.198 e. The van der Waals surface area contributed by atoms with Crippen molar-refractivity contribution in [3.8, 4) is 22.7 Å². The summed E-state index contributed by atoms with van der Waals surface area (Å²) >= 11 is 0. The number of pyridine rings is 1. The monoisotopic (exact) mass is 405 g/mol. The highest BCUT2D eigenvalue weighted by Gasteiger charge is 2.19. The van der Waals surface area contributed by atoms with Crippen LogP contribution in [0.4, 0.5) is 0 Å². The summed E-state index contributed by atoms with van der Waals surface area (Å²) in [6.07, 6.45) is 1.54. The van der Waals surface area contributed by atoms with E-state index in [2.05, 4.69) is 4.98 Å². The van der Waals surface area contributed by atoms with Gasteiger partial charge in [0.05, 0.1) is 11.3 Å². The van der Waals surface area contributed by atoms with E-state index in [1.165, 1.54) is 12.3 Å². The number of carbonyl (C=O) groups is 1. The molecule has 0 aliphatic carbocycles. The predicted octanol–water partition coefficient (Wildman–Crippen LogP) is 5.33. The molecule has 2 heterocycles. The molecule has 5 heteroatoms. The topological polar surface area (TPSA) is 68.0 Å². The molecule has 0 fully saturated rings. The second kappa shape index (κ2) is 7.54. The first-order chi connectivity index (χ1) is 15.1. The molecule has 31 heavy (non-hydrogen) atoms. The summed E-state index contributed by atoms with van der Waals surface area (Å²) in [6.45, 7) is 2.04. The number of phenolic OH excluding ortho intramolecular Hbond substituents is 1. The summed E-state index contributed by atoms with van der Waals surface area (Å²) in [5.74, 6) is -0.332. The number of carbonyl (C=O) groups excluding carboxylic acids is 1. The van der Waals surface area contributed by atoms with Crippen molar-refractivity contribution in [1.82, 2.24) is 14.8 Å². The van der Waals surface area contributed by atoms with E-state index in [1.807, 2.05) is 61.5 Å². The molecule has 0 bridgehead atoms. The van der Waals surface area contributed by atoms with Gasteiger partial charge in [-0.3, -0.25) is 4.79 Å². The van der Waals surface area contributed by atoms with Crippen LogP contribution in [-0.4, -0.2) is 25.7 Å². The van der Waals surface area contributed by atoms with E-state index in [9.17, 15) is 9.90 Å². The van der Waals surface area contributed by atoms with E-state index in [4.69, 9.17) is 5.10 Å². The van der Waals surface area contributed by atoms with Gasteiger partial charge in [0.25, 0.3) is 0 Å². The summed E-state index contributed by atoms with van der Waals surface area (Å²) < 4.78 is 1.79. The number of aromatic hydroxyl groups is 1. The highest BCUT2D eigenvalue weighted by atomic mass is 16.3. The van der Waals surface area contributed by atoms with Crippen LogP contribution in [-0.2, 0) is 0 Å². The number of rotatable bonds is 4. The SMILES string of the molecule is Cc1ccc(-c2nn(-c3ccccc3)c3ncc(C(=O)c4ccccc4O)cc23)cc1. The Labute approximate surface area is 179 Å². The maximum Gasteiger partial charge on any atom is 0.198 e. The molecule has 1 N–H and O–H groups in total. The normalized spacial score (nSPS) is 11.0. The van der Waals surface area contributed by atoms with E-state index >= 15 is 0 Å². The third-order valence-electron chi connectivity index (χ3n) is 5.26. The second-order valence-electron chi connectivity index (χ2n) is 7.40. The van der Waals surface area contributed by atoms with Crippen molar-refractivity contribution in [2.75, 3.05) is 0 Å². The molecular weight excluding hydrogens is 386 g/mol. The number of para-hydroxylation sites is 2. The van der Waals surface area contributed by atoms with Gasteiger partial charge in [-0.05, 0) is 37.3 Å². The van der Waals surface area contributed by atoms with E-state index in [0.29, 0.717) is 11.2 Å². The molecule has 2 aromatic heterocycles. The third kappa shape index (κ3) is 3.36. The first kappa shape index (κ1) is 18.8. The molecule has 0 radical (unpaired) electrons. The zero-order valence-electron chi connectivity index (χ0n) is 16.9. The Morgan fingerprint density at radius 1 is 0.903 bits per heavy atom. The predicted molar refractivity (Wildman–Crippen MR) is 121 cm³/mol. The fraction of sp³-hybridized carbons (Fsp3) is 0.0385. The van der Waals surface area contributed by atoms with Crippen LogP contribution in [0.15, 0.2) is 91.1 Å². The van der Waals surface area contributed by atoms with Gasteiger partial charge in [-0.15, -0.1) is 0 Å². The zero-order valence-corrected chi connectivity index (χ0v) is 16.9. The van der Waals surface area contributed by atoms with E-state index < -0.39 is 0 Å². The highest BCUT2D eigenvalue weighted by molar-refractivity contribution is 6.12. The van der Waals surface area contributed by atoms with Crippen LogP contribution < -0.4 is 0 Å². The van der Waals surface area contributed by atoms with Crippen molar-refractivity contribution in [3.63, 3.8) is 0 Å². The Morgan fingerprint density at radius 3 is 2.35 bits per heavy atom. The minimum atomic E-state index is -0.283. The third-order valence-corrected chi connectivity index (χ3v) is 5.26. The van der Waals surface area contributed by atoms with Crippen molar-refractivity contribution in [1.29, 1.82) is 0 Å². The van der Waals surface area contributed by atoms with Gasteiger partial charge in [0.2, 0.25) is 0 Å². The number of fused-ring (bicyclic) bond motifs is 1. The minimum absolute atomic E-state index is 0.0497. The molecule has 3 aromatic carbocycles. The van der Waals surface area contributed by atoms with Gasteiger partial charge in [-0.2, -0.15) is 5.10 Å². The number of benzene rings is 3. The highest BCUT2D eigenvalue weighted by Crippen LogP contribution is 2.30. The van der Waals surface area contributed by atoms with Crippen LogP contribution in [0.3, 0.4) is 0 Å². The van der Waals surface area contributed by atoms with Crippen LogP contribution in [0.1, 0.15) is 21.5 Å². The molecule has 5 aromatic rings. The van der Waals surface area contributed by atoms with Crippen LogP contribution >= 0.6 is 0 Å². The van der Waals surface area contributed by atoms with Crippen LogP contribution in [0, 0.1) is 6.92 Å². The number of hydrogen-bond acceptors (Lipinski definition) is 4. The summed E-state index contributed by atoms with van der Waals surface area (Å²) in [5, 5.41) is 15.7. The Kier molecular flexibility index (Phi) is 4.56. The van der Waals surface area contributed by atoms with E-state index in [1.54, 1.807) is 28.9 Å². The van der Waals surface area contributed by atoms with Crippen LogP contribution in [0.25, 0.3) is 28.0 Å². The fourth-order valence-electron chi connectivity index (χ4n) is 3.62. The molecule has 150 valence electrons. The average molecular weight is 405 g/mol. The number of aromatic nitrogens is 3. The molecule has 0 saturated carbocycles. The molecular formula is C26H19N3O2. The van der Waals surface area contributed by atoms with Gasteiger partial charge in [-0.25, -0.2) is 9.67 Å². The van der Waals surface area contributed by atoms with Gasteiger partial charge in [0.15, 0.2) is 11.4 Å². The van der Waals surface area contributed by atoms with Gasteiger partial charge >= 0.3 is 0 Å². The summed E-state index contributed by atoms with van der Waals surface area (Å²) in [5.41, 5.74) is 5.04. The fourth-order valence-corrected chi connectivity index (χ4v) is 3.62. The number of nitrogens with zero attached hydrogens (tertiary/aromatic N) is 3. The number of phenols is 1. The Balaban J connectivity index is 1.72. The zero-order chi connectivity index (χ0) is 21.4. The maximum absolute atomic E-state index is 13.1. The Bertz CT molecular complexity index is 1400. The van der Waals surface area contributed by atoms with Crippen molar-refractivity contribution >= 4 is 16.8 Å². The minimum Gasteiger partial charge on any atom is -0.507 e. The first-order valence-electron chi connectivity index (χ1n) is 9.96. The van der Waals surface area contributed by atoms with Crippen molar-refractivity contribution in [2.24, 2.45) is 0 Å². The number of hydrogen-bond donors (Lipinski definition) is 1. The lowest BCUT2D eigenvalue weighted by Gasteiger charge is -2.05. The lowest BCUT2D eigenvalue weighted by atomic mass is 10.0. The second-order valence-corrected chi connectivity index (χ2v) is 7.40. The Hall–Kier alpha value is -4.25. The van der Waals surface area contributed by atoms with Gasteiger partial charge in [0, 0.05) is 22.7 Å². The van der Waals surface area contributed by atoms with Gasteiger partial charge in [0.1, 0.15) is 11.4 Å². The average Bonchev–Trinajstić information content (AvgIpc) is 3.19. The molecule has 5 rings (SSSR count). The largest absolute Gasteiger partial charge is 0.507 e. The lowest BCUT2D eigenvalue weighted by Crippen LogP contribution is -2.03. The molecule has 0 spiro atoms. The summed E-state index contributed by atoms with van der Waals surface area (Å²) in [7, 11) is 0. The molecule has 0 aliphatic heterocycles. The van der Waals surface area contributed by atoms with Gasteiger partial charge < -0.3 is 5.11 Å². The number of ketones is 1. The van der Waals surface area contributed by atoms with E-state index in [0.717, 1.165) is 27.9 Å². The van der Waals surface area contributed by atoms with E-state index in [-0.39, 0.29) is 17.1 Å². The molecule has 0 amide bonds. The summed E-state index contributed by atoms with van der Waals surface area (Å²) in [6, 6.07) is 26.2. The van der Waals surface area contributed by atoms with Crippen LogP contribution in [0.5, 0.6) is 5.75 Å². The number of aryl methyl sites for hydroxylation is 1. The Morgan fingerprint density at radius 2 is 1.61 bits per heavy atom. The van der Waals surface area contributed by atoms with Crippen molar-refractivity contribution in [3.05, 3.63) is 108 Å². The van der Waals surface area contributed by atoms with Gasteiger partial charge in [-0.1, -0.05) is 60.2 Å². The first-order valence-corrected chi connectivity index (χ1v) is 9.96. The van der Waals surface area contributed by atoms with Crippen LogP contribution in [0.2, 0.25) is 0 Å². The molecule has 0 aliphatic rings. The quantitative estimate of drug-likeness (QED) is 0.410. The molecule has 5 nitrogen and oxygen atoms in total. The molecule has 0 unspecified atom stereocenters. The molecule has 0 atom stereocenters. The van der Waals surface area contributed by atoms with Crippen molar-refractivity contribution < 1.29 is 9.90 Å². The summed E-state index contributed by atoms with van der Waals surface area (Å²) in [4.78, 5) is 17.6. The van der Waals surface area contributed by atoms with Crippen molar-refractivity contribution in [2.45, 2.75) is 6.92 Å². The maximum atomic E-state index is 13.1. The molecule has 0 saturated heterocycles. The lowest BCUT2D eigenvalue weighted by molar-refractivity contribution is 0.103.